The third-order valence-corrected chi connectivity index (χ3v) is 11.7. The molecule has 4 aromatic rings. The van der Waals surface area contributed by atoms with Gasteiger partial charge in [0.25, 0.3) is 20.0 Å². The molecule has 0 spiro atoms. The number of aromatic nitrogens is 4. The first kappa shape index (κ1) is 53.3. The minimum Gasteiger partial charge on any atom is -0.481 e. The highest BCUT2D eigenvalue weighted by molar-refractivity contribution is 7.90. The van der Waals surface area contributed by atoms with E-state index >= 15 is 0 Å². The molecule has 2 aromatic carbocycles. The fourth-order valence-electron chi connectivity index (χ4n) is 4.73. The second-order valence-corrected chi connectivity index (χ2v) is 19.5. The molecule has 2 aromatic heterocycles. The Labute approximate surface area is 377 Å². The molecule has 4 rings (SSSR count). The van der Waals surface area contributed by atoms with Gasteiger partial charge in [-0.1, -0.05) is 12.1 Å². The Balaban J connectivity index is 0.000000350. The SMILES string of the molecule is COC(=O)c1ccc(CNS(C)(=O)=O)cc1S(=O)(=O)NC(=O)Nc1nc(OC)cc(OC)n1.COC(=O)c1ccc(CNS(C)(=O)=O)cc1S(=O)(=O)NC(=O)Nc1nc(OC)cc(OC)n1. The standard InChI is InChI=1S/2C17H21N5O9S2/c2*1-29-13-8-14(30-2)20-16(19-13)21-17(24)22-33(27,28)12-7-10(9-18-32(4,25)26)5-6-11(12)15(23)31-3/h2*5-8,18H,9H2,1-4H3,(H2,19,20,21,22,24). The molecular formula is C34H42N10O18S4. The minimum atomic E-state index is -4.63. The summed E-state index contributed by atoms with van der Waals surface area (Å²) in [5, 5.41) is 4.24. The van der Waals surface area contributed by atoms with Gasteiger partial charge in [0.15, 0.2) is 0 Å². The molecule has 2 heterocycles. The molecule has 66 heavy (non-hydrogen) atoms. The number of hydrogen-bond donors (Lipinski definition) is 6. The maximum absolute atomic E-state index is 12.9. The Hall–Kier alpha value is -7.00. The number of sulfonamides is 4. The zero-order valence-electron chi connectivity index (χ0n) is 35.8. The molecule has 0 fully saturated rings. The fraction of sp³-hybridized carbons (Fsp3) is 0.294. The molecule has 0 aliphatic carbocycles. The third-order valence-electron chi connectivity index (χ3n) is 7.66. The lowest BCUT2D eigenvalue weighted by Crippen LogP contribution is -2.36. The van der Waals surface area contributed by atoms with Gasteiger partial charge in [-0.2, -0.15) is 19.9 Å². The number of ether oxygens (including phenoxy) is 6. The van der Waals surface area contributed by atoms with Crippen molar-refractivity contribution in [2.45, 2.75) is 22.9 Å². The number of nitrogens with zero attached hydrogens (tertiary/aromatic N) is 4. The zero-order chi connectivity index (χ0) is 49.6. The molecule has 0 bridgehead atoms. The number of esters is 2. The van der Waals surface area contributed by atoms with Gasteiger partial charge in [0.05, 0.1) is 78.4 Å². The first-order valence-corrected chi connectivity index (χ1v) is 24.4. The van der Waals surface area contributed by atoms with E-state index in [1.54, 1.807) is 9.44 Å². The molecule has 0 aliphatic rings. The number of carbonyl (C=O) groups is 4. The summed E-state index contributed by atoms with van der Waals surface area (Å²) in [6.07, 6.45) is 1.85. The average Bonchev–Trinajstić information content (AvgIpc) is 3.25. The van der Waals surface area contributed by atoms with Crippen molar-refractivity contribution in [3.63, 3.8) is 0 Å². The Morgan fingerprint density at radius 1 is 0.485 bits per heavy atom. The number of amides is 4. The summed E-state index contributed by atoms with van der Waals surface area (Å²) in [5.41, 5.74) is -0.343. The van der Waals surface area contributed by atoms with Crippen molar-refractivity contribution in [3.8, 4) is 23.5 Å². The van der Waals surface area contributed by atoms with Crippen LogP contribution in [-0.2, 0) is 62.7 Å². The van der Waals surface area contributed by atoms with Crippen LogP contribution in [0.2, 0.25) is 0 Å². The van der Waals surface area contributed by atoms with Crippen LogP contribution in [0.5, 0.6) is 23.5 Å². The predicted octanol–water partition coefficient (Wildman–Crippen LogP) is -0.320. The number of urea groups is 2. The van der Waals surface area contributed by atoms with E-state index in [-0.39, 0.29) is 70.8 Å². The summed E-state index contributed by atoms with van der Waals surface area (Å²) < 4.78 is 134. The van der Waals surface area contributed by atoms with Gasteiger partial charge in [-0.25, -0.2) is 71.7 Å². The lowest BCUT2D eigenvalue weighted by molar-refractivity contribution is 0.0587. The molecule has 0 unspecified atom stereocenters. The van der Waals surface area contributed by atoms with Crippen LogP contribution in [0.25, 0.3) is 0 Å². The van der Waals surface area contributed by atoms with E-state index < -0.39 is 73.9 Å². The molecule has 4 amide bonds. The Morgan fingerprint density at radius 3 is 1.05 bits per heavy atom. The van der Waals surface area contributed by atoms with Crippen molar-refractivity contribution in [2.24, 2.45) is 0 Å². The van der Waals surface area contributed by atoms with E-state index in [9.17, 15) is 52.8 Å². The van der Waals surface area contributed by atoms with E-state index in [1.807, 2.05) is 0 Å². The molecule has 0 saturated heterocycles. The number of nitrogens with one attached hydrogen (secondary N) is 6. The van der Waals surface area contributed by atoms with E-state index in [0.29, 0.717) is 0 Å². The zero-order valence-corrected chi connectivity index (χ0v) is 39.1. The van der Waals surface area contributed by atoms with Crippen LogP contribution in [0, 0.1) is 0 Å². The first-order chi connectivity index (χ1) is 30.8. The Morgan fingerprint density at radius 2 is 0.788 bits per heavy atom. The summed E-state index contributed by atoms with van der Waals surface area (Å²) in [7, 11) is -9.05. The number of rotatable bonds is 18. The predicted molar refractivity (Wildman–Crippen MR) is 228 cm³/mol. The van der Waals surface area contributed by atoms with Gasteiger partial charge in [-0.3, -0.25) is 10.6 Å². The second-order valence-electron chi connectivity index (χ2n) is 12.5. The summed E-state index contributed by atoms with van der Waals surface area (Å²) in [6, 6.07) is 7.16. The lowest BCUT2D eigenvalue weighted by atomic mass is 10.1. The first-order valence-electron chi connectivity index (χ1n) is 17.7. The monoisotopic (exact) mass is 1010 g/mol. The van der Waals surface area contributed by atoms with Gasteiger partial charge in [0, 0.05) is 13.1 Å². The molecule has 0 aliphatic heterocycles. The third kappa shape index (κ3) is 16.2. The van der Waals surface area contributed by atoms with Crippen LogP contribution in [0.1, 0.15) is 31.8 Å². The maximum atomic E-state index is 12.9. The van der Waals surface area contributed by atoms with Gasteiger partial charge in [0.2, 0.25) is 55.5 Å². The second kappa shape index (κ2) is 22.8. The molecule has 0 atom stereocenters. The molecule has 28 nitrogen and oxygen atoms in total. The van der Waals surface area contributed by atoms with E-state index in [2.05, 4.69) is 49.5 Å². The van der Waals surface area contributed by atoms with Gasteiger partial charge in [0.1, 0.15) is 9.79 Å². The van der Waals surface area contributed by atoms with Crippen LogP contribution in [0.3, 0.4) is 0 Å². The van der Waals surface area contributed by atoms with Crippen molar-refractivity contribution in [3.05, 3.63) is 70.8 Å². The molecular weight excluding hydrogens is 965 g/mol. The summed E-state index contributed by atoms with van der Waals surface area (Å²) >= 11 is 0. The summed E-state index contributed by atoms with van der Waals surface area (Å²) in [4.78, 5) is 62.9. The highest BCUT2D eigenvalue weighted by Gasteiger charge is 2.28. The Kier molecular flexibility index (Phi) is 18.4. The van der Waals surface area contributed by atoms with Crippen LogP contribution in [-0.4, -0.2) is 133 Å². The number of anilines is 2. The largest absolute Gasteiger partial charge is 0.481 e. The lowest BCUT2D eigenvalue weighted by Gasteiger charge is -2.13. The normalized spacial score (nSPS) is 11.4. The minimum absolute atomic E-state index is 0.0408. The number of hydrogen-bond acceptors (Lipinski definition) is 22. The summed E-state index contributed by atoms with van der Waals surface area (Å²) in [6.45, 7) is -0.515. The van der Waals surface area contributed by atoms with Gasteiger partial charge in [-0.05, 0) is 35.4 Å². The average molecular weight is 1010 g/mol. The number of methoxy groups -OCH3 is 6. The van der Waals surface area contributed by atoms with Crippen molar-refractivity contribution < 1.29 is 81.3 Å². The van der Waals surface area contributed by atoms with Crippen LogP contribution in [0.15, 0.2) is 58.3 Å². The van der Waals surface area contributed by atoms with E-state index in [0.717, 1.165) is 51.0 Å². The van der Waals surface area contributed by atoms with Crippen molar-refractivity contribution in [2.75, 3.05) is 65.8 Å². The van der Waals surface area contributed by atoms with E-state index in [4.69, 9.17) is 18.9 Å². The van der Waals surface area contributed by atoms with Crippen LogP contribution >= 0.6 is 0 Å². The number of carbonyl (C=O) groups excluding carboxylic acids is 4. The van der Waals surface area contributed by atoms with Gasteiger partial charge >= 0.3 is 24.0 Å². The van der Waals surface area contributed by atoms with Crippen molar-refractivity contribution in [1.29, 1.82) is 0 Å². The smallest absolute Gasteiger partial charge is 0.339 e. The Bertz CT molecular complexity index is 2680. The molecule has 0 radical (unpaired) electrons. The highest BCUT2D eigenvalue weighted by Crippen LogP contribution is 2.23. The molecule has 32 heteroatoms. The quantitative estimate of drug-likeness (QED) is 0.0696. The molecule has 360 valence electrons. The molecule has 6 N–H and O–H groups in total. The fourth-order valence-corrected chi connectivity index (χ4v) is 7.89. The topological polar surface area (TPSA) is 384 Å². The number of benzene rings is 2. The molecule has 0 saturated carbocycles. The van der Waals surface area contributed by atoms with Gasteiger partial charge < -0.3 is 28.4 Å². The highest BCUT2D eigenvalue weighted by atomic mass is 32.2. The van der Waals surface area contributed by atoms with Crippen molar-refractivity contribution >= 4 is 76.0 Å². The van der Waals surface area contributed by atoms with Crippen molar-refractivity contribution in [1.82, 2.24) is 38.8 Å². The van der Waals surface area contributed by atoms with E-state index in [1.165, 1.54) is 52.7 Å². The maximum Gasteiger partial charge on any atom is 0.339 e. The van der Waals surface area contributed by atoms with Crippen LogP contribution < -0.4 is 48.5 Å². The summed E-state index contributed by atoms with van der Waals surface area (Å²) in [5.74, 6) is -2.45. The van der Waals surface area contributed by atoms with Crippen LogP contribution in [0.4, 0.5) is 21.5 Å². The van der Waals surface area contributed by atoms with Gasteiger partial charge in [-0.15, -0.1) is 0 Å².